The van der Waals surface area contributed by atoms with Gasteiger partial charge in [-0.15, -0.1) is 0 Å². The number of rotatable bonds is 27. The number of hydrogen-bond donors (Lipinski definition) is 9. The van der Waals surface area contributed by atoms with Crippen molar-refractivity contribution in [1.29, 1.82) is 0 Å². The average Bonchev–Trinajstić information content (AvgIpc) is 3.24. The first-order chi connectivity index (χ1) is 29.8. The van der Waals surface area contributed by atoms with E-state index in [1.165, 1.54) is 18.2 Å². The molecule has 0 saturated heterocycles. The van der Waals surface area contributed by atoms with E-state index in [0.717, 1.165) is 18.7 Å². The third-order valence-electron chi connectivity index (χ3n) is 9.16. The van der Waals surface area contributed by atoms with Crippen LogP contribution in [-0.2, 0) is 54.4 Å². The SMILES string of the molecule is Cc1cc(CCC(=O)NCCCCC(NC(=O)CNC(=O)C(CCC(=O)O)NC(=O)C(CCC(=O)O)NC(=O)c2cccc(C(=O)ON(C)C(=O)CCC=O)c2)C(=O)O)ccc1O. The van der Waals surface area contributed by atoms with Crippen LogP contribution in [0.15, 0.2) is 42.5 Å². The molecule has 63 heavy (non-hydrogen) atoms. The molecule has 0 aliphatic rings. The van der Waals surface area contributed by atoms with Crippen LogP contribution in [-0.4, -0.2) is 129 Å². The van der Waals surface area contributed by atoms with Gasteiger partial charge in [0.15, 0.2) is 0 Å². The van der Waals surface area contributed by atoms with Crippen LogP contribution >= 0.6 is 0 Å². The molecule has 2 aromatic carbocycles. The van der Waals surface area contributed by atoms with Crippen LogP contribution in [0.2, 0.25) is 0 Å². The summed E-state index contributed by atoms with van der Waals surface area (Å²) < 4.78 is 0. The molecule has 0 bridgehead atoms. The highest BCUT2D eigenvalue weighted by atomic mass is 16.7. The first kappa shape index (κ1) is 51.8. The predicted octanol–water partition coefficient (Wildman–Crippen LogP) is 0.128. The number of phenolic OH excluding ortho intramolecular Hbond substituents is 1. The third kappa shape index (κ3) is 19.7. The number of hydroxylamine groups is 2. The number of amides is 6. The Morgan fingerprint density at radius 3 is 1.98 bits per heavy atom. The van der Waals surface area contributed by atoms with Crippen LogP contribution in [0.5, 0.6) is 5.75 Å². The number of carbonyl (C=O) groups is 11. The van der Waals surface area contributed by atoms with Gasteiger partial charge in [0, 0.05) is 51.3 Å². The quantitative estimate of drug-likeness (QED) is 0.0327. The van der Waals surface area contributed by atoms with Gasteiger partial charge in [0.1, 0.15) is 30.2 Å². The van der Waals surface area contributed by atoms with Crippen molar-refractivity contribution in [1.82, 2.24) is 31.6 Å². The van der Waals surface area contributed by atoms with Gasteiger partial charge >= 0.3 is 23.9 Å². The lowest BCUT2D eigenvalue weighted by Gasteiger charge is -2.23. The lowest BCUT2D eigenvalue weighted by Crippen LogP contribution is -2.55. The Balaban J connectivity index is 1.99. The highest BCUT2D eigenvalue weighted by Crippen LogP contribution is 2.18. The predicted molar refractivity (Wildman–Crippen MR) is 217 cm³/mol. The maximum absolute atomic E-state index is 13.4. The van der Waals surface area contributed by atoms with Gasteiger partial charge < -0.3 is 56.6 Å². The van der Waals surface area contributed by atoms with Gasteiger partial charge in [-0.1, -0.05) is 18.2 Å². The fourth-order valence-corrected chi connectivity index (χ4v) is 5.66. The molecule has 0 heterocycles. The molecule has 22 heteroatoms. The van der Waals surface area contributed by atoms with E-state index >= 15 is 0 Å². The van der Waals surface area contributed by atoms with E-state index in [0.29, 0.717) is 29.8 Å². The van der Waals surface area contributed by atoms with Gasteiger partial charge in [0.05, 0.1) is 12.1 Å². The van der Waals surface area contributed by atoms with E-state index in [-0.39, 0.29) is 61.4 Å². The number of nitrogens with one attached hydrogen (secondary N) is 5. The maximum Gasteiger partial charge on any atom is 0.363 e. The van der Waals surface area contributed by atoms with Gasteiger partial charge in [-0.25, -0.2) is 9.59 Å². The van der Waals surface area contributed by atoms with E-state index in [1.54, 1.807) is 25.1 Å². The molecule has 0 aliphatic heterocycles. The summed E-state index contributed by atoms with van der Waals surface area (Å²) in [5.74, 6) is -10.00. The summed E-state index contributed by atoms with van der Waals surface area (Å²) in [6.45, 7) is 1.19. The average molecular weight is 885 g/mol. The van der Waals surface area contributed by atoms with Crippen molar-refractivity contribution in [3.05, 3.63) is 64.7 Å². The number of hydrogen-bond acceptors (Lipinski definition) is 13. The van der Waals surface area contributed by atoms with E-state index in [2.05, 4.69) is 26.6 Å². The smallest absolute Gasteiger partial charge is 0.363 e. The number of unbranched alkanes of at least 4 members (excludes halogenated alkanes) is 1. The number of aldehydes is 1. The summed E-state index contributed by atoms with van der Waals surface area (Å²) >= 11 is 0. The van der Waals surface area contributed by atoms with Crippen molar-refractivity contribution in [2.45, 2.75) is 95.7 Å². The second kappa shape index (κ2) is 26.7. The molecule has 0 saturated carbocycles. The molecule has 0 fully saturated rings. The van der Waals surface area contributed by atoms with Gasteiger partial charge in [-0.2, -0.15) is 5.06 Å². The summed E-state index contributed by atoms with van der Waals surface area (Å²) in [6.07, 6.45) is -0.889. The van der Waals surface area contributed by atoms with Crippen molar-refractivity contribution in [3.63, 3.8) is 0 Å². The van der Waals surface area contributed by atoms with E-state index in [1.807, 2.05) is 0 Å². The second-order valence-corrected chi connectivity index (χ2v) is 14.2. The lowest BCUT2D eigenvalue weighted by atomic mass is 10.1. The molecule has 6 amide bonds. The molecule has 9 N–H and O–H groups in total. The molecular weight excluding hydrogens is 832 g/mol. The summed E-state index contributed by atoms with van der Waals surface area (Å²) in [5, 5.41) is 50.2. The number of carbonyl (C=O) groups excluding carboxylic acids is 8. The highest BCUT2D eigenvalue weighted by molar-refractivity contribution is 6.01. The zero-order valence-corrected chi connectivity index (χ0v) is 34.7. The third-order valence-corrected chi connectivity index (χ3v) is 9.16. The van der Waals surface area contributed by atoms with Crippen molar-refractivity contribution in [2.75, 3.05) is 20.1 Å². The van der Waals surface area contributed by atoms with E-state index in [9.17, 15) is 73.2 Å². The Bertz CT molecular complexity index is 2010. The summed E-state index contributed by atoms with van der Waals surface area (Å²) in [5.41, 5.74) is 1.14. The second-order valence-electron chi connectivity index (χ2n) is 14.2. The number of carboxylic acids is 3. The summed E-state index contributed by atoms with van der Waals surface area (Å²) in [6, 6.07) is 5.23. The normalized spacial score (nSPS) is 12.0. The fraction of sp³-hybridized carbons (Fsp3) is 0.439. The minimum absolute atomic E-state index is 0.0332. The van der Waals surface area contributed by atoms with Gasteiger partial charge in [0.2, 0.25) is 23.6 Å². The van der Waals surface area contributed by atoms with Crippen molar-refractivity contribution < 1.29 is 78.0 Å². The van der Waals surface area contributed by atoms with Crippen molar-refractivity contribution in [3.8, 4) is 5.75 Å². The minimum Gasteiger partial charge on any atom is -0.508 e. The topological polar surface area (TPSA) is 341 Å². The van der Waals surface area contributed by atoms with Gasteiger partial charge in [-0.3, -0.25) is 38.4 Å². The first-order valence-electron chi connectivity index (χ1n) is 19.7. The van der Waals surface area contributed by atoms with Crippen LogP contribution < -0.4 is 26.6 Å². The molecule has 0 spiro atoms. The number of aryl methyl sites for hydroxylation is 2. The lowest BCUT2D eigenvalue weighted by molar-refractivity contribution is -0.161. The van der Waals surface area contributed by atoms with Crippen molar-refractivity contribution >= 4 is 65.6 Å². The largest absolute Gasteiger partial charge is 0.508 e. The number of aromatic hydroxyl groups is 1. The molecule has 0 aliphatic carbocycles. The zero-order valence-electron chi connectivity index (χ0n) is 34.7. The number of nitrogens with zero attached hydrogens (tertiary/aromatic N) is 1. The fourth-order valence-electron chi connectivity index (χ4n) is 5.66. The maximum atomic E-state index is 13.4. The zero-order chi connectivity index (χ0) is 47.1. The van der Waals surface area contributed by atoms with Crippen LogP contribution in [0, 0.1) is 6.92 Å². The molecule has 2 aromatic rings. The molecular formula is C41H52N6O16. The molecule has 2 rings (SSSR count). The van der Waals surface area contributed by atoms with E-state index in [4.69, 9.17) is 4.84 Å². The molecule has 22 nitrogen and oxygen atoms in total. The molecule has 342 valence electrons. The Morgan fingerprint density at radius 1 is 0.714 bits per heavy atom. The monoisotopic (exact) mass is 884 g/mol. The highest BCUT2D eigenvalue weighted by Gasteiger charge is 2.29. The molecule has 3 unspecified atom stereocenters. The summed E-state index contributed by atoms with van der Waals surface area (Å²) in [7, 11) is 1.14. The Morgan fingerprint density at radius 2 is 1.37 bits per heavy atom. The van der Waals surface area contributed by atoms with Crippen LogP contribution in [0.1, 0.15) is 96.1 Å². The summed E-state index contributed by atoms with van der Waals surface area (Å²) in [4.78, 5) is 139. The molecule has 0 aromatic heterocycles. The standard InChI is InChI=1S/C41H52N6O16/c1-24-21-25(11-15-31(24)49)12-16-32(50)42-19-4-3-9-30(40(60)61)44-33(51)23-43-38(58)28(13-17-35(53)54)46-39(59)29(14-18-36(55)56)45-37(57)26-7-5-8-27(22-26)41(62)63-47(2)34(52)10-6-20-48/h5,7-8,11,15,20-22,28-30,49H,3-4,6,9-10,12-14,16-19,23H2,1-2H3,(H,42,50)(H,43,58)(H,44,51)(H,45,57)(H,46,59)(H,53,54)(H,55,56)(H,60,61). The van der Waals surface area contributed by atoms with Gasteiger partial charge in [0.25, 0.3) is 11.8 Å². The first-order valence-corrected chi connectivity index (χ1v) is 19.7. The van der Waals surface area contributed by atoms with Crippen LogP contribution in [0.4, 0.5) is 0 Å². The number of phenols is 1. The number of benzene rings is 2. The Labute approximate surface area is 361 Å². The molecule has 3 atom stereocenters. The van der Waals surface area contributed by atoms with E-state index < -0.39 is 104 Å². The van der Waals surface area contributed by atoms with Crippen LogP contribution in [0.25, 0.3) is 0 Å². The van der Waals surface area contributed by atoms with Crippen molar-refractivity contribution in [2.24, 2.45) is 0 Å². The van der Waals surface area contributed by atoms with Gasteiger partial charge in [-0.05, 0) is 80.8 Å². The number of carboxylic acid groups (broad SMARTS) is 3. The number of aliphatic carboxylic acids is 3. The Kier molecular flexibility index (Phi) is 22.0. The Hall–Kier alpha value is -7.39. The van der Waals surface area contributed by atoms with Crippen LogP contribution in [0.3, 0.4) is 0 Å². The minimum atomic E-state index is -1.63. The molecule has 0 radical (unpaired) electrons.